The van der Waals surface area contributed by atoms with Crippen LogP contribution in [0.25, 0.3) is 10.9 Å². The largest absolute Gasteiger partial charge is 0.493 e. The maximum Gasteiger partial charge on any atom is 0.189 e. The summed E-state index contributed by atoms with van der Waals surface area (Å²) < 4.78 is 5.68. The van der Waals surface area contributed by atoms with E-state index in [0.717, 1.165) is 34.2 Å². The van der Waals surface area contributed by atoms with E-state index in [1.807, 2.05) is 36.4 Å². The van der Waals surface area contributed by atoms with Gasteiger partial charge in [0, 0.05) is 23.6 Å². The van der Waals surface area contributed by atoms with Gasteiger partial charge in [0.05, 0.1) is 24.7 Å². The zero-order valence-corrected chi connectivity index (χ0v) is 13.9. The second-order valence-electron chi connectivity index (χ2n) is 6.07. The smallest absolute Gasteiger partial charge is 0.189 e. The van der Waals surface area contributed by atoms with E-state index in [1.54, 1.807) is 6.20 Å². The third-order valence-corrected chi connectivity index (χ3v) is 4.42. The average Bonchev–Trinajstić information content (AvgIpc) is 2.66. The summed E-state index contributed by atoms with van der Waals surface area (Å²) >= 11 is 0. The highest BCUT2D eigenvalue weighted by molar-refractivity contribution is 5.82. The van der Waals surface area contributed by atoms with Crippen molar-refractivity contribution < 1.29 is 4.74 Å². The van der Waals surface area contributed by atoms with E-state index in [9.17, 15) is 0 Å². The van der Waals surface area contributed by atoms with Gasteiger partial charge in [0.1, 0.15) is 5.75 Å². The fourth-order valence-corrected chi connectivity index (χ4v) is 3.18. The second-order valence-corrected chi connectivity index (χ2v) is 6.07. The van der Waals surface area contributed by atoms with Crippen molar-refractivity contribution >= 4 is 16.9 Å². The van der Waals surface area contributed by atoms with Crippen LogP contribution in [0, 0.1) is 0 Å². The van der Waals surface area contributed by atoms with E-state index in [1.165, 1.54) is 0 Å². The highest BCUT2D eigenvalue weighted by Crippen LogP contribution is 2.31. The van der Waals surface area contributed by atoms with Crippen LogP contribution in [0.5, 0.6) is 5.75 Å². The molecule has 0 spiro atoms. The molecule has 5 heteroatoms. The molecule has 0 amide bonds. The van der Waals surface area contributed by atoms with Crippen molar-refractivity contribution in [2.24, 2.45) is 10.7 Å². The number of fused-ring (bicyclic) bond motifs is 2. The van der Waals surface area contributed by atoms with E-state index in [-0.39, 0.29) is 6.04 Å². The molecule has 1 aliphatic heterocycles. The Balaban J connectivity index is 1.51. The average molecular weight is 332 g/mol. The van der Waals surface area contributed by atoms with Crippen LogP contribution in [0.1, 0.15) is 23.6 Å². The van der Waals surface area contributed by atoms with Crippen LogP contribution in [0.2, 0.25) is 0 Å². The number of ether oxygens (including phenoxy) is 1. The van der Waals surface area contributed by atoms with Crippen LogP contribution >= 0.6 is 0 Å². The topological polar surface area (TPSA) is 72.5 Å². The Morgan fingerprint density at radius 3 is 3.00 bits per heavy atom. The van der Waals surface area contributed by atoms with Crippen LogP contribution in [0.15, 0.2) is 65.8 Å². The number of guanidine groups is 1. The normalized spacial score (nSPS) is 17.0. The molecule has 5 nitrogen and oxygen atoms in total. The first-order chi connectivity index (χ1) is 12.3. The summed E-state index contributed by atoms with van der Waals surface area (Å²) in [5.41, 5.74) is 9.29. The van der Waals surface area contributed by atoms with Gasteiger partial charge in [-0.15, -0.1) is 0 Å². The van der Waals surface area contributed by atoms with Crippen molar-refractivity contribution in [1.29, 1.82) is 0 Å². The summed E-state index contributed by atoms with van der Waals surface area (Å²) in [5.74, 6) is 1.35. The third kappa shape index (κ3) is 3.26. The molecule has 1 aromatic heterocycles. The Morgan fingerprint density at radius 2 is 2.04 bits per heavy atom. The number of aliphatic imine (C=N–C) groups is 1. The van der Waals surface area contributed by atoms with Gasteiger partial charge in [-0.3, -0.25) is 4.98 Å². The summed E-state index contributed by atoms with van der Waals surface area (Å²) in [6.07, 6.45) is 2.67. The van der Waals surface area contributed by atoms with Gasteiger partial charge >= 0.3 is 0 Å². The lowest BCUT2D eigenvalue weighted by atomic mass is 10.0. The highest BCUT2D eigenvalue weighted by atomic mass is 16.5. The predicted octanol–water partition coefficient (Wildman–Crippen LogP) is 3.16. The van der Waals surface area contributed by atoms with E-state index < -0.39 is 0 Å². The Morgan fingerprint density at radius 1 is 1.16 bits per heavy atom. The molecule has 0 aliphatic carbocycles. The molecule has 0 fully saturated rings. The Kier molecular flexibility index (Phi) is 4.21. The van der Waals surface area contributed by atoms with Gasteiger partial charge in [0.25, 0.3) is 0 Å². The van der Waals surface area contributed by atoms with Gasteiger partial charge in [-0.05, 0) is 17.7 Å². The minimum absolute atomic E-state index is 0.124. The zero-order valence-electron chi connectivity index (χ0n) is 13.9. The standard InChI is InChI=1S/C20H20N4O/c21-20(24-17-10-12-25-18-9-2-1-8-16(17)18)23-13-15-6-3-5-14-7-4-11-22-19(14)15/h1-9,11,17H,10,12-13H2,(H3,21,23,24). The minimum atomic E-state index is 0.124. The van der Waals surface area contributed by atoms with Crippen molar-refractivity contribution in [3.63, 3.8) is 0 Å². The quantitative estimate of drug-likeness (QED) is 0.571. The van der Waals surface area contributed by atoms with Gasteiger partial charge in [-0.2, -0.15) is 0 Å². The van der Waals surface area contributed by atoms with Crippen molar-refractivity contribution in [2.45, 2.75) is 19.0 Å². The third-order valence-electron chi connectivity index (χ3n) is 4.42. The van der Waals surface area contributed by atoms with Crippen LogP contribution in [0.3, 0.4) is 0 Å². The number of pyridine rings is 1. The number of rotatable bonds is 3. The van der Waals surface area contributed by atoms with Crippen LogP contribution < -0.4 is 15.8 Å². The second kappa shape index (κ2) is 6.81. The number of nitrogens with two attached hydrogens (primary N) is 1. The zero-order chi connectivity index (χ0) is 17.1. The molecule has 0 saturated carbocycles. The fraction of sp³-hybridized carbons (Fsp3) is 0.200. The maximum absolute atomic E-state index is 6.13. The Bertz CT molecular complexity index is 917. The molecular formula is C20H20N4O. The molecule has 0 saturated heterocycles. The summed E-state index contributed by atoms with van der Waals surface area (Å²) in [7, 11) is 0. The number of nitrogens with zero attached hydrogens (tertiary/aromatic N) is 2. The summed E-state index contributed by atoms with van der Waals surface area (Å²) in [6, 6.07) is 18.3. The molecule has 3 aromatic rings. The van der Waals surface area contributed by atoms with Gasteiger partial charge in [-0.1, -0.05) is 42.5 Å². The SMILES string of the molecule is NC(=NCc1cccc2cccnc12)NC1CCOc2ccccc21. The molecule has 3 N–H and O–H groups in total. The number of hydrogen-bond acceptors (Lipinski definition) is 3. The van der Waals surface area contributed by atoms with Crippen molar-refractivity contribution in [2.75, 3.05) is 6.61 Å². The number of hydrogen-bond donors (Lipinski definition) is 2. The summed E-state index contributed by atoms with van der Waals surface area (Å²) in [6.45, 7) is 1.17. The Hall–Kier alpha value is -3.08. The van der Waals surface area contributed by atoms with Crippen molar-refractivity contribution in [1.82, 2.24) is 10.3 Å². The van der Waals surface area contributed by atoms with Gasteiger partial charge in [0.15, 0.2) is 5.96 Å². The van der Waals surface area contributed by atoms with E-state index in [0.29, 0.717) is 19.1 Å². The molecule has 1 aliphatic rings. The first-order valence-electron chi connectivity index (χ1n) is 8.42. The first-order valence-corrected chi connectivity index (χ1v) is 8.42. The molecule has 1 atom stereocenters. The van der Waals surface area contributed by atoms with E-state index >= 15 is 0 Å². The van der Waals surface area contributed by atoms with Crippen molar-refractivity contribution in [3.8, 4) is 5.75 Å². The molecule has 0 bridgehead atoms. The predicted molar refractivity (Wildman–Crippen MR) is 99.5 cm³/mol. The lowest BCUT2D eigenvalue weighted by Gasteiger charge is -2.26. The number of aromatic nitrogens is 1. The Labute approximate surface area is 146 Å². The molecule has 2 heterocycles. The van der Waals surface area contributed by atoms with Crippen LogP contribution in [-0.2, 0) is 6.54 Å². The molecule has 4 rings (SSSR count). The maximum atomic E-state index is 6.13. The lowest BCUT2D eigenvalue weighted by Crippen LogP contribution is -2.37. The molecule has 1 unspecified atom stereocenters. The molecule has 0 radical (unpaired) electrons. The molecular weight excluding hydrogens is 312 g/mol. The highest BCUT2D eigenvalue weighted by Gasteiger charge is 2.21. The summed E-state index contributed by atoms with van der Waals surface area (Å²) in [5, 5.41) is 4.43. The number of nitrogens with one attached hydrogen (secondary N) is 1. The van der Waals surface area contributed by atoms with Crippen molar-refractivity contribution in [3.05, 3.63) is 71.9 Å². The van der Waals surface area contributed by atoms with E-state index in [2.05, 4.69) is 33.5 Å². The lowest BCUT2D eigenvalue weighted by molar-refractivity contribution is 0.262. The molecule has 25 heavy (non-hydrogen) atoms. The van der Waals surface area contributed by atoms with E-state index in [4.69, 9.17) is 10.5 Å². The van der Waals surface area contributed by atoms with Gasteiger partial charge in [-0.25, -0.2) is 4.99 Å². The van der Waals surface area contributed by atoms with Gasteiger partial charge in [0.2, 0.25) is 0 Å². The fourth-order valence-electron chi connectivity index (χ4n) is 3.18. The van der Waals surface area contributed by atoms with Crippen LogP contribution in [-0.4, -0.2) is 17.6 Å². The minimum Gasteiger partial charge on any atom is -0.493 e. The summed E-state index contributed by atoms with van der Waals surface area (Å²) in [4.78, 5) is 8.97. The monoisotopic (exact) mass is 332 g/mol. The van der Waals surface area contributed by atoms with Gasteiger partial charge < -0.3 is 15.8 Å². The first kappa shape index (κ1) is 15.4. The molecule has 126 valence electrons. The molecule has 2 aromatic carbocycles. The number of para-hydroxylation sites is 2. The number of benzene rings is 2. The van der Waals surface area contributed by atoms with Crippen LogP contribution in [0.4, 0.5) is 0 Å².